The lowest BCUT2D eigenvalue weighted by Crippen LogP contribution is -2.13. The maximum absolute atomic E-state index is 5.55. The van der Waals surface area contributed by atoms with Crippen LogP contribution in [0.25, 0.3) is 11.3 Å². The highest BCUT2D eigenvalue weighted by atomic mass is 32.1. The maximum Gasteiger partial charge on any atom is 0.206 e. The molecule has 0 atom stereocenters. The zero-order valence-corrected chi connectivity index (χ0v) is 21.5. The first kappa shape index (κ1) is 25.7. The summed E-state index contributed by atoms with van der Waals surface area (Å²) in [7, 11) is 9.46. The predicted molar refractivity (Wildman–Crippen MR) is 137 cm³/mol. The van der Waals surface area contributed by atoms with Crippen LogP contribution in [0.5, 0.6) is 34.5 Å². The van der Waals surface area contributed by atoms with Crippen molar-refractivity contribution in [1.29, 1.82) is 0 Å². The highest BCUT2D eigenvalue weighted by Crippen LogP contribution is 2.41. The third kappa shape index (κ3) is 5.43. The zero-order chi connectivity index (χ0) is 25.4. The monoisotopic (exact) mass is 499 g/mol. The molecule has 0 radical (unpaired) electrons. The average Bonchev–Trinajstić information content (AvgIpc) is 3.31. The van der Waals surface area contributed by atoms with E-state index in [1.165, 1.54) is 11.3 Å². The summed E-state index contributed by atoms with van der Waals surface area (Å²) < 4.78 is 34.7. The normalized spacial score (nSPS) is 11.4. The van der Waals surface area contributed by atoms with Gasteiger partial charge in [0.05, 0.1) is 66.7 Å². The Morgan fingerprint density at radius 2 is 1.43 bits per heavy atom. The second kappa shape index (κ2) is 12.0. The molecule has 0 spiro atoms. The number of aromatic nitrogens is 1. The van der Waals surface area contributed by atoms with Gasteiger partial charge in [0.1, 0.15) is 17.2 Å². The van der Waals surface area contributed by atoms with E-state index in [-0.39, 0.29) is 0 Å². The molecule has 10 heteroatoms. The molecule has 0 saturated heterocycles. The number of ether oxygens (including phenoxy) is 6. The summed E-state index contributed by atoms with van der Waals surface area (Å²) in [4.78, 5) is 5.27. The Bertz CT molecular complexity index is 1230. The smallest absolute Gasteiger partial charge is 0.206 e. The van der Waals surface area contributed by atoms with Crippen LogP contribution in [0.15, 0.2) is 52.4 Å². The molecule has 3 aromatic rings. The molecular weight excluding hydrogens is 470 g/mol. The van der Waals surface area contributed by atoms with Gasteiger partial charge in [-0.25, -0.2) is 4.68 Å². The van der Waals surface area contributed by atoms with Crippen molar-refractivity contribution in [2.45, 2.75) is 0 Å². The quantitative estimate of drug-likeness (QED) is 0.290. The van der Waals surface area contributed by atoms with Crippen molar-refractivity contribution in [2.24, 2.45) is 10.1 Å². The van der Waals surface area contributed by atoms with Crippen LogP contribution >= 0.6 is 11.3 Å². The summed E-state index contributed by atoms with van der Waals surface area (Å²) in [6, 6.07) is 7.26. The van der Waals surface area contributed by atoms with Gasteiger partial charge in [-0.2, -0.15) is 5.10 Å². The molecule has 0 amide bonds. The highest BCUT2D eigenvalue weighted by molar-refractivity contribution is 7.07. The lowest BCUT2D eigenvalue weighted by Gasteiger charge is -2.14. The van der Waals surface area contributed by atoms with Crippen molar-refractivity contribution >= 4 is 17.6 Å². The van der Waals surface area contributed by atoms with Crippen molar-refractivity contribution in [1.82, 2.24) is 4.68 Å². The van der Waals surface area contributed by atoms with Crippen molar-refractivity contribution < 1.29 is 28.4 Å². The van der Waals surface area contributed by atoms with E-state index < -0.39 is 0 Å². The molecule has 0 aliphatic rings. The Balaban J connectivity index is 2.22. The molecule has 0 aliphatic carbocycles. The van der Waals surface area contributed by atoms with E-state index in [4.69, 9.17) is 33.5 Å². The first-order valence-electron chi connectivity index (χ1n) is 10.5. The zero-order valence-electron chi connectivity index (χ0n) is 20.7. The molecule has 0 bridgehead atoms. The van der Waals surface area contributed by atoms with Gasteiger partial charge in [-0.1, -0.05) is 6.08 Å². The van der Waals surface area contributed by atoms with Gasteiger partial charge >= 0.3 is 0 Å². The van der Waals surface area contributed by atoms with Gasteiger partial charge < -0.3 is 28.4 Å². The Morgan fingerprint density at radius 1 is 0.829 bits per heavy atom. The molecule has 1 heterocycles. The fourth-order valence-corrected chi connectivity index (χ4v) is 4.21. The molecule has 2 aromatic carbocycles. The van der Waals surface area contributed by atoms with Gasteiger partial charge in [-0.05, 0) is 12.1 Å². The van der Waals surface area contributed by atoms with Gasteiger partial charge in [-0.15, -0.1) is 17.9 Å². The third-order valence-electron chi connectivity index (χ3n) is 5.06. The van der Waals surface area contributed by atoms with E-state index >= 15 is 0 Å². The first-order chi connectivity index (χ1) is 17.0. The number of thiazole rings is 1. The lowest BCUT2D eigenvalue weighted by molar-refractivity contribution is 0.324. The minimum Gasteiger partial charge on any atom is -0.496 e. The Labute approximate surface area is 208 Å². The summed E-state index contributed by atoms with van der Waals surface area (Å²) in [5.74, 6) is 3.30. The highest BCUT2D eigenvalue weighted by Gasteiger charge is 2.17. The molecule has 1 aromatic heterocycles. The summed E-state index contributed by atoms with van der Waals surface area (Å²) in [5, 5.41) is 6.71. The number of nitrogens with zero attached hydrogens (tertiary/aromatic N) is 3. The van der Waals surface area contributed by atoms with E-state index in [0.717, 1.165) is 11.3 Å². The topological polar surface area (TPSA) is 85.0 Å². The van der Waals surface area contributed by atoms with Crippen molar-refractivity contribution in [3.05, 3.63) is 52.7 Å². The molecule has 0 unspecified atom stereocenters. The van der Waals surface area contributed by atoms with Crippen LogP contribution in [0.2, 0.25) is 0 Å². The standard InChI is InChI=1S/C25H29N3O6S/c1-8-9-26-25-28(27-14-18-20(30-3)12-17(29-2)13-21(18)31-4)19(15-35-25)16-10-22(32-5)24(34-7)23(11-16)33-6/h8,10-15H,1,9H2,2-7H3/b26-25?,27-14-. The summed E-state index contributed by atoms with van der Waals surface area (Å²) >= 11 is 1.45. The summed E-state index contributed by atoms with van der Waals surface area (Å²) in [6.45, 7) is 4.21. The third-order valence-corrected chi connectivity index (χ3v) is 5.91. The molecule has 0 aliphatic heterocycles. The molecule has 9 nitrogen and oxygen atoms in total. The van der Waals surface area contributed by atoms with Crippen LogP contribution in [0, 0.1) is 0 Å². The molecular formula is C25H29N3O6S. The minimum absolute atomic E-state index is 0.444. The van der Waals surface area contributed by atoms with Crippen LogP contribution in [0.4, 0.5) is 0 Å². The molecule has 0 saturated carbocycles. The first-order valence-corrected chi connectivity index (χ1v) is 11.4. The van der Waals surface area contributed by atoms with Crippen molar-refractivity contribution in [2.75, 3.05) is 49.2 Å². The fourth-order valence-electron chi connectivity index (χ4n) is 3.36. The summed E-state index contributed by atoms with van der Waals surface area (Å²) in [5.41, 5.74) is 2.24. The van der Waals surface area contributed by atoms with Crippen LogP contribution in [-0.4, -0.2) is 60.1 Å². The average molecular weight is 500 g/mol. The maximum atomic E-state index is 5.55. The molecule has 186 valence electrons. The fraction of sp³-hybridized carbons (Fsp3) is 0.280. The van der Waals surface area contributed by atoms with Crippen LogP contribution in [0.3, 0.4) is 0 Å². The van der Waals surface area contributed by atoms with E-state index in [1.54, 1.807) is 71.8 Å². The van der Waals surface area contributed by atoms with Crippen LogP contribution < -0.4 is 33.2 Å². The van der Waals surface area contributed by atoms with Crippen LogP contribution in [0.1, 0.15) is 5.56 Å². The van der Waals surface area contributed by atoms with Gasteiger partial charge in [0.25, 0.3) is 0 Å². The predicted octanol–water partition coefficient (Wildman–Crippen LogP) is 4.24. The second-order valence-corrected chi connectivity index (χ2v) is 7.79. The SMILES string of the molecule is C=CCN=c1scc(-c2cc(OC)c(OC)c(OC)c2)n1/N=C\c1c(OC)cc(OC)cc1OC. The minimum atomic E-state index is 0.444. The van der Waals surface area contributed by atoms with Gasteiger partial charge in [0, 0.05) is 23.1 Å². The van der Waals surface area contributed by atoms with E-state index in [1.807, 2.05) is 17.5 Å². The van der Waals surface area contributed by atoms with Gasteiger partial charge in [-0.3, -0.25) is 4.99 Å². The van der Waals surface area contributed by atoms with Gasteiger partial charge in [0.15, 0.2) is 11.5 Å². The van der Waals surface area contributed by atoms with E-state index in [0.29, 0.717) is 51.4 Å². The molecule has 3 rings (SSSR count). The number of benzene rings is 2. The van der Waals surface area contributed by atoms with Crippen LogP contribution in [-0.2, 0) is 0 Å². The molecule has 0 fully saturated rings. The van der Waals surface area contributed by atoms with Crippen molar-refractivity contribution in [3.8, 4) is 45.8 Å². The van der Waals surface area contributed by atoms with Gasteiger partial charge in [0.2, 0.25) is 10.6 Å². The largest absolute Gasteiger partial charge is 0.496 e. The number of rotatable bonds is 11. The second-order valence-electron chi connectivity index (χ2n) is 6.95. The molecule has 35 heavy (non-hydrogen) atoms. The Kier molecular flexibility index (Phi) is 8.80. The lowest BCUT2D eigenvalue weighted by atomic mass is 10.1. The summed E-state index contributed by atoms with van der Waals surface area (Å²) in [6.07, 6.45) is 3.39. The Hall–Kier alpha value is -3.92. The number of hydrogen-bond acceptors (Lipinski definition) is 9. The Morgan fingerprint density at radius 3 is 1.91 bits per heavy atom. The number of methoxy groups -OCH3 is 6. The van der Waals surface area contributed by atoms with Crippen molar-refractivity contribution in [3.63, 3.8) is 0 Å². The number of hydrogen-bond donors (Lipinski definition) is 0. The molecule has 0 N–H and O–H groups in total. The van der Waals surface area contributed by atoms with E-state index in [2.05, 4.69) is 11.6 Å². The van der Waals surface area contributed by atoms with E-state index in [9.17, 15) is 0 Å².